The molecule has 2 aromatic rings. The van der Waals surface area contributed by atoms with Crippen LogP contribution in [0.15, 0.2) is 40.9 Å². The van der Waals surface area contributed by atoms with Crippen molar-refractivity contribution in [1.29, 1.82) is 0 Å². The van der Waals surface area contributed by atoms with Crippen LogP contribution in [-0.4, -0.2) is 29.1 Å². The third-order valence-corrected chi connectivity index (χ3v) is 6.31. The first-order chi connectivity index (χ1) is 11.1. The number of hydrogen-bond donors (Lipinski definition) is 1. The average Bonchev–Trinajstić information content (AvgIpc) is 2.96. The Morgan fingerprint density at radius 1 is 1.26 bits per heavy atom. The minimum absolute atomic E-state index is 0.109. The number of carbonyl (C=O) groups is 1. The molecule has 1 aromatic heterocycles. The molecule has 6 heteroatoms. The Kier molecular flexibility index (Phi) is 5.42. The van der Waals surface area contributed by atoms with E-state index in [2.05, 4.69) is 33.0 Å². The van der Waals surface area contributed by atoms with Crippen molar-refractivity contribution in [2.75, 3.05) is 13.1 Å². The van der Waals surface area contributed by atoms with E-state index in [1.807, 2.05) is 24.3 Å². The first-order valence-electron chi connectivity index (χ1n) is 7.53. The Morgan fingerprint density at radius 2 is 1.96 bits per heavy atom. The first-order valence-corrected chi connectivity index (χ1v) is 9.51. The van der Waals surface area contributed by atoms with E-state index >= 15 is 0 Å². The van der Waals surface area contributed by atoms with Gasteiger partial charge in [0.15, 0.2) is 0 Å². The van der Waals surface area contributed by atoms with Crippen LogP contribution in [0.4, 0.5) is 0 Å². The summed E-state index contributed by atoms with van der Waals surface area (Å²) in [7, 11) is 0. The molecule has 2 heterocycles. The number of rotatable bonds is 4. The monoisotopic (exact) mass is 413 g/mol. The molecule has 1 N–H and O–H groups in total. The molecule has 0 bridgehead atoms. The number of carboxylic acid groups (broad SMARTS) is 1. The van der Waals surface area contributed by atoms with Gasteiger partial charge in [0.2, 0.25) is 0 Å². The molecule has 0 amide bonds. The summed E-state index contributed by atoms with van der Waals surface area (Å²) in [5.74, 6) is -0.903. The van der Waals surface area contributed by atoms with Crippen molar-refractivity contribution in [2.24, 2.45) is 5.92 Å². The number of benzene rings is 1. The second-order valence-electron chi connectivity index (χ2n) is 5.71. The molecule has 122 valence electrons. The van der Waals surface area contributed by atoms with Crippen LogP contribution in [0.1, 0.15) is 29.3 Å². The Hall–Kier alpha value is -0.880. The van der Waals surface area contributed by atoms with Crippen LogP contribution in [0.3, 0.4) is 0 Å². The average molecular weight is 415 g/mol. The molecule has 1 aromatic carbocycles. The van der Waals surface area contributed by atoms with Crippen molar-refractivity contribution in [2.45, 2.75) is 18.9 Å². The Labute approximate surface area is 153 Å². The molecule has 0 aliphatic carbocycles. The summed E-state index contributed by atoms with van der Waals surface area (Å²) in [6, 6.07) is 12.3. The SMILES string of the molecule is O=C(O)C1CCN(C(c2ccc(Cl)s2)c2ccccc2Br)CC1. The zero-order valence-electron chi connectivity index (χ0n) is 12.4. The van der Waals surface area contributed by atoms with Crippen molar-refractivity contribution >= 4 is 44.8 Å². The van der Waals surface area contributed by atoms with Crippen LogP contribution in [-0.2, 0) is 4.79 Å². The summed E-state index contributed by atoms with van der Waals surface area (Å²) in [6.07, 6.45) is 1.38. The maximum absolute atomic E-state index is 11.2. The first kappa shape index (κ1) is 17.0. The zero-order valence-corrected chi connectivity index (χ0v) is 15.6. The predicted octanol–water partition coefficient (Wildman–Crippen LogP) is 5.05. The van der Waals surface area contributed by atoms with Crippen molar-refractivity contribution < 1.29 is 9.90 Å². The largest absolute Gasteiger partial charge is 0.481 e. The standard InChI is InChI=1S/C17H17BrClNO2S/c18-13-4-2-1-3-12(13)16(14-5-6-15(19)23-14)20-9-7-11(8-10-20)17(21)22/h1-6,11,16H,7-10H2,(H,21,22). The summed E-state index contributed by atoms with van der Waals surface area (Å²) < 4.78 is 1.84. The van der Waals surface area contributed by atoms with Crippen LogP contribution in [0.5, 0.6) is 0 Å². The summed E-state index contributed by atoms with van der Waals surface area (Å²) in [5, 5.41) is 9.20. The van der Waals surface area contributed by atoms with Gasteiger partial charge in [-0.25, -0.2) is 0 Å². The van der Waals surface area contributed by atoms with E-state index in [4.69, 9.17) is 11.6 Å². The van der Waals surface area contributed by atoms with Gasteiger partial charge in [0.1, 0.15) is 0 Å². The normalized spacial score (nSPS) is 18.0. The number of aliphatic carboxylic acids is 1. The lowest BCUT2D eigenvalue weighted by molar-refractivity contribution is -0.143. The fourth-order valence-electron chi connectivity index (χ4n) is 3.11. The van der Waals surface area contributed by atoms with Gasteiger partial charge < -0.3 is 5.11 Å². The van der Waals surface area contributed by atoms with Gasteiger partial charge in [-0.2, -0.15) is 0 Å². The van der Waals surface area contributed by atoms with E-state index in [1.165, 1.54) is 10.4 Å². The van der Waals surface area contributed by atoms with Crippen molar-refractivity contribution in [3.8, 4) is 0 Å². The lowest BCUT2D eigenvalue weighted by atomic mass is 9.94. The fourth-order valence-corrected chi connectivity index (χ4v) is 4.82. The highest BCUT2D eigenvalue weighted by atomic mass is 79.9. The molecule has 1 fully saturated rings. The zero-order chi connectivity index (χ0) is 16.4. The minimum Gasteiger partial charge on any atom is -0.481 e. The molecule has 0 radical (unpaired) electrons. The van der Waals surface area contributed by atoms with Crippen LogP contribution in [0.25, 0.3) is 0 Å². The highest BCUT2D eigenvalue weighted by Crippen LogP contribution is 2.39. The molecule has 1 aliphatic rings. The van der Waals surface area contributed by atoms with Crippen LogP contribution in [0.2, 0.25) is 4.34 Å². The molecule has 3 nitrogen and oxygen atoms in total. The Bertz CT molecular complexity index is 697. The summed E-state index contributed by atoms with van der Waals surface area (Å²) in [4.78, 5) is 14.7. The predicted molar refractivity (Wildman–Crippen MR) is 97.2 cm³/mol. The van der Waals surface area contributed by atoms with Gasteiger partial charge in [-0.05, 0) is 49.7 Å². The van der Waals surface area contributed by atoms with Crippen molar-refractivity contribution in [1.82, 2.24) is 4.90 Å². The lowest BCUT2D eigenvalue weighted by Gasteiger charge is -2.36. The Morgan fingerprint density at radius 3 is 2.52 bits per heavy atom. The van der Waals surface area contributed by atoms with E-state index in [9.17, 15) is 9.90 Å². The molecule has 3 rings (SSSR count). The highest BCUT2D eigenvalue weighted by molar-refractivity contribution is 9.10. The number of piperidine rings is 1. The molecule has 1 unspecified atom stereocenters. The van der Waals surface area contributed by atoms with E-state index in [0.717, 1.165) is 21.9 Å². The van der Waals surface area contributed by atoms with Gasteiger partial charge >= 0.3 is 5.97 Å². The Balaban J connectivity index is 1.91. The van der Waals surface area contributed by atoms with E-state index < -0.39 is 5.97 Å². The molecular formula is C17H17BrClNO2S. The van der Waals surface area contributed by atoms with E-state index in [-0.39, 0.29) is 12.0 Å². The number of hydrogen-bond acceptors (Lipinski definition) is 3. The van der Waals surface area contributed by atoms with Crippen LogP contribution in [0, 0.1) is 5.92 Å². The van der Waals surface area contributed by atoms with Gasteiger partial charge in [-0.15, -0.1) is 11.3 Å². The van der Waals surface area contributed by atoms with Gasteiger partial charge in [0, 0.05) is 9.35 Å². The molecule has 0 spiro atoms. The van der Waals surface area contributed by atoms with Gasteiger partial charge in [-0.3, -0.25) is 9.69 Å². The summed E-state index contributed by atoms with van der Waals surface area (Å²) in [6.45, 7) is 1.55. The van der Waals surface area contributed by atoms with Crippen LogP contribution >= 0.6 is 38.9 Å². The van der Waals surface area contributed by atoms with E-state index in [0.29, 0.717) is 12.8 Å². The molecular weight excluding hydrogens is 398 g/mol. The lowest BCUT2D eigenvalue weighted by Crippen LogP contribution is -2.39. The maximum atomic E-state index is 11.2. The molecule has 23 heavy (non-hydrogen) atoms. The number of halogens is 2. The molecule has 0 saturated carbocycles. The van der Waals surface area contributed by atoms with E-state index in [1.54, 1.807) is 11.3 Å². The topological polar surface area (TPSA) is 40.5 Å². The van der Waals surface area contributed by atoms with Gasteiger partial charge in [0.05, 0.1) is 16.3 Å². The van der Waals surface area contributed by atoms with Crippen LogP contribution < -0.4 is 0 Å². The minimum atomic E-state index is -0.679. The number of likely N-dealkylation sites (tertiary alicyclic amines) is 1. The molecule has 1 atom stereocenters. The number of carboxylic acids is 1. The third kappa shape index (κ3) is 3.79. The number of nitrogens with zero attached hydrogens (tertiary/aromatic N) is 1. The maximum Gasteiger partial charge on any atom is 0.306 e. The second kappa shape index (κ2) is 7.34. The quantitative estimate of drug-likeness (QED) is 0.761. The van der Waals surface area contributed by atoms with Crippen molar-refractivity contribution in [3.05, 3.63) is 55.6 Å². The summed E-state index contributed by atoms with van der Waals surface area (Å²) in [5.41, 5.74) is 1.19. The van der Waals surface area contributed by atoms with Gasteiger partial charge in [-0.1, -0.05) is 45.7 Å². The fraction of sp³-hybridized carbons (Fsp3) is 0.353. The smallest absolute Gasteiger partial charge is 0.306 e. The second-order valence-corrected chi connectivity index (χ2v) is 8.32. The van der Waals surface area contributed by atoms with Crippen molar-refractivity contribution in [3.63, 3.8) is 0 Å². The highest BCUT2D eigenvalue weighted by Gasteiger charge is 2.31. The molecule has 1 aliphatic heterocycles. The number of thiophene rings is 1. The summed E-state index contributed by atoms with van der Waals surface area (Å²) >= 11 is 11.4. The van der Waals surface area contributed by atoms with Gasteiger partial charge in [0.25, 0.3) is 0 Å². The molecule has 1 saturated heterocycles. The third-order valence-electron chi connectivity index (χ3n) is 4.31.